The summed E-state index contributed by atoms with van der Waals surface area (Å²) in [4.78, 5) is 28.9. The zero-order valence-electron chi connectivity index (χ0n) is 21.8. The van der Waals surface area contributed by atoms with Gasteiger partial charge in [-0.1, -0.05) is 71.2 Å². The zero-order valence-corrected chi connectivity index (χ0v) is 24.1. The van der Waals surface area contributed by atoms with Crippen LogP contribution in [0, 0.1) is 0 Å². The van der Waals surface area contributed by atoms with Gasteiger partial charge in [-0.25, -0.2) is 0 Å². The van der Waals surface area contributed by atoms with Crippen molar-refractivity contribution in [2.45, 2.75) is 58.2 Å². The van der Waals surface area contributed by atoms with Crippen LogP contribution in [-0.2, 0) is 22.6 Å². The number of carbonyl (C=O) groups is 2. The zero-order chi connectivity index (χ0) is 27.7. The van der Waals surface area contributed by atoms with Crippen LogP contribution in [0.15, 0.2) is 72.8 Å². The largest absolute Gasteiger partial charge is 0.494 e. The van der Waals surface area contributed by atoms with Gasteiger partial charge in [0.1, 0.15) is 11.8 Å². The molecule has 3 rings (SSSR count). The second-order valence-electron chi connectivity index (χ2n) is 10.1. The van der Waals surface area contributed by atoms with Crippen molar-refractivity contribution in [1.82, 2.24) is 10.2 Å². The van der Waals surface area contributed by atoms with Gasteiger partial charge in [0, 0.05) is 40.0 Å². The Labute approximate surface area is 240 Å². The smallest absolute Gasteiger partial charge is 0.243 e. The van der Waals surface area contributed by atoms with Crippen molar-refractivity contribution in [3.63, 3.8) is 0 Å². The summed E-state index contributed by atoms with van der Waals surface area (Å²) in [6, 6.07) is 21.2. The fourth-order valence-corrected chi connectivity index (χ4v) is 4.52. The summed E-state index contributed by atoms with van der Waals surface area (Å²) >= 11 is 18.5. The number of hydrogen-bond acceptors (Lipinski definition) is 3. The molecule has 0 saturated heterocycles. The van der Waals surface area contributed by atoms with Crippen molar-refractivity contribution < 1.29 is 14.3 Å². The normalized spacial score (nSPS) is 12.1. The number of amides is 2. The Hall–Kier alpha value is -2.73. The van der Waals surface area contributed by atoms with E-state index >= 15 is 0 Å². The number of hydrogen-bond donors (Lipinski definition) is 1. The first kappa shape index (κ1) is 29.8. The average Bonchev–Trinajstić information content (AvgIpc) is 2.85. The van der Waals surface area contributed by atoms with Crippen molar-refractivity contribution in [3.8, 4) is 5.75 Å². The molecule has 38 heavy (non-hydrogen) atoms. The third kappa shape index (κ3) is 9.54. The fraction of sp³-hybridized carbons (Fsp3) is 0.333. The van der Waals surface area contributed by atoms with Crippen molar-refractivity contribution in [2.75, 3.05) is 6.61 Å². The van der Waals surface area contributed by atoms with E-state index in [1.807, 2.05) is 51.1 Å². The van der Waals surface area contributed by atoms with Gasteiger partial charge in [0.25, 0.3) is 0 Å². The van der Waals surface area contributed by atoms with Crippen molar-refractivity contribution in [3.05, 3.63) is 99.0 Å². The van der Waals surface area contributed by atoms with Crippen LogP contribution in [0.5, 0.6) is 5.75 Å². The quantitative estimate of drug-likeness (QED) is 0.243. The lowest BCUT2D eigenvalue weighted by Gasteiger charge is -2.34. The molecular formula is C30H33Cl3N2O3. The lowest BCUT2D eigenvalue weighted by molar-refractivity contribution is -0.142. The first-order chi connectivity index (χ1) is 18.0. The minimum atomic E-state index is -0.743. The summed E-state index contributed by atoms with van der Waals surface area (Å²) in [5, 5.41) is 4.63. The molecule has 2 amide bonds. The summed E-state index contributed by atoms with van der Waals surface area (Å²) in [5.41, 5.74) is 1.20. The van der Waals surface area contributed by atoms with Crippen molar-refractivity contribution in [2.24, 2.45) is 0 Å². The predicted molar refractivity (Wildman–Crippen MR) is 155 cm³/mol. The third-order valence-electron chi connectivity index (χ3n) is 5.74. The monoisotopic (exact) mass is 574 g/mol. The van der Waals surface area contributed by atoms with E-state index in [9.17, 15) is 9.59 Å². The summed E-state index contributed by atoms with van der Waals surface area (Å²) in [5.74, 6) is 0.288. The van der Waals surface area contributed by atoms with Crippen LogP contribution in [0.1, 0.15) is 44.7 Å². The van der Waals surface area contributed by atoms with Crippen LogP contribution in [0.4, 0.5) is 0 Å². The molecule has 3 aromatic carbocycles. The molecule has 0 aliphatic heterocycles. The number of benzene rings is 3. The van der Waals surface area contributed by atoms with E-state index in [4.69, 9.17) is 39.5 Å². The molecule has 0 radical (unpaired) electrons. The molecule has 0 bridgehead atoms. The number of rotatable bonds is 11. The minimum absolute atomic E-state index is 0.166. The van der Waals surface area contributed by atoms with Crippen molar-refractivity contribution in [1.29, 1.82) is 0 Å². The van der Waals surface area contributed by atoms with Gasteiger partial charge in [-0.15, -0.1) is 0 Å². The van der Waals surface area contributed by atoms with Gasteiger partial charge < -0.3 is 15.0 Å². The Morgan fingerprint density at radius 2 is 1.58 bits per heavy atom. The molecule has 0 fully saturated rings. The van der Waals surface area contributed by atoms with Crippen LogP contribution in [0.2, 0.25) is 15.1 Å². The van der Waals surface area contributed by atoms with Gasteiger partial charge in [0.15, 0.2) is 0 Å². The number of halogens is 3. The highest BCUT2D eigenvalue weighted by atomic mass is 35.5. The maximum atomic E-state index is 13.7. The molecule has 0 aliphatic carbocycles. The van der Waals surface area contributed by atoms with E-state index in [1.54, 1.807) is 47.4 Å². The van der Waals surface area contributed by atoms with E-state index in [-0.39, 0.29) is 24.8 Å². The van der Waals surface area contributed by atoms with Crippen LogP contribution < -0.4 is 10.1 Å². The number of ether oxygens (including phenoxy) is 1. The third-order valence-corrected chi connectivity index (χ3v) is 6.58. The van der Waals surface area contributed by atoms with Gasteiger partial charge in [-0.3, -0.25) is 9.59 Å². The molecule has 1 atom stereocenters. The second-order valence-corrected chi connectivity index (χ2v) is 11.4. The molecule has 0 aliphatic rings. The molecule has 202 valence electrons. The average molecular weight is 576 g/mol. The fourth-order valence-electron chi connectivity index (χ4n) is 3.93. The van der Waals surface area contributed by atoms with E-state index in [1.165, 1.54) is 0 Å². The Bertz CT molecular complexity index is 1210. The van der Waals surface area contributed by atoms with Gasteiger partial charge in [0.05, 0.1) is 6.61 Å². The first-order valence-corrected chi connectivity index (χ1v) is 13.6. The van der Waals surface area contributed by atoms with Crippen molar-refractivity contribution >= 4 is 46.6 Å². The van der Waals surface area contributed by atoms with E-state index in [0.29, 0.717) is 45.8 Å². The summed E-state index contributed by atoms with van der Waals surface area (Å²) < 4.78 is 5.77. The lowest BCUT2D eigenvalue weighted by atomic mass is 10.00. The van der Waals surface area contributed by atoms with Crippen LogP contribution >= 0.6 is 34.8 Å². The molecule has 0 saturated carbocycles. The molecule has 8 heteroatoms. The number of nitrogens with one attached hydrogen (secondary N) is 1. The standard InChI is InChI=1S/C30H33Cl3N2O3/c1-30(2,3)34-29(37)27(18-21-8-5-4-6-9-21)35(20-22-11-12-24(32)19-26(22)33)28(36)10-7-17-38-25-15-13-23(31)14-16-25/h4-6,8-9,11-16,19,27H,7,10,17-18,20H2,1-3H3,(H,34,37)/t27-/m0/s1. The van der Waals surface area contributed by atoms with Gasteiger partial charge >= 0.3 is 0 Å². The van der Waals surface area contributed by atoms with E-state index in [2.05, 4.69) is 5.32 Å². The van der Waals surface area contributed by atoms with Gasteiger partial charge in [-0.2, -0.15) is 0 Å². The van der Waals surface area contributed by atoms with Crippen LogP contribution in [0.25, 0.3) is 0 Å². The molecule has 0 spiro atoms. The highest BCUT2D eigenvalue weighted by Gasteiger charge is 2.32. The van der Waals surface area contributed by atoms with Gasteiger partial charge in [-0.05, 0) is 74.7 Å². The summed E-state index contributed by atoms with van der Waals surface area (Å²) in [7, 11) is 0. The molecule has 0 aromatic heterocycles. The maximum Gasteiger partial charge on any atom is 0.243 e. The highest BCUT2D eigenvalue weighted by Crippen LogP contribution is 2.25. The van der Waals surface area contributed by atoms with Crippen LogP contribution in [0.3, 0.4) is 0 Å². The minimum Gasteiger partial charge on any atom is -0.494 e. The molecule has 1 N–H and O–H groups in total. The highest BCUT2D eigenvalue weighted by molar-refractivity contribution is 6.35. The Morgan fingerprint density at radius 1 is 0.921 bits per heavy atom. The number of carbonyl (C=O) groups excluding carboxylic acids is 2. The number of nitrogens with zero attached hydrogens (tertiary/aromatic N) is 1. The maximum absolute atomic E-state index is 13.7. The molecule has 0 heterocycles. The summed E-state index contributed by atoms with van der Waals surface area (Å²) in [6.45, 7) is 6.27. The van der Waals surface area contributed by atoms with E-state index < -0.39 is 11.6 Å². The Morgan fingerprint density at radius 3 is 2.21 bits per heavy atom. The SMILES string of the molecule is CC(C)(C)NC(=O)[C@H](Cc1ccccc1)N(Cc1ccc(Cl)cc1Cl)C(=O)CCCOc1ccc(Cl)cc1. The molecule has 3 aromatic rings. The van der Waals surface area contributed by atoms with Gasteiger partial charge in [0.2, 0.25) is 11.8 Å². The summed E-state index contributed by atoms with van der Waals surface area (Å²) in [6.07, 6.45) is 1.04. The second kappa shape index (κ2) is 13.9. The molecule has 5 nitrogen and oxygen atoms in total. The van der Waals surface area contributed by atoms with Crippen LogP contribution in [-0.4, -0.2) is 34.9 Å². The predicted octanol–water partition coefficient (Wildman–Crippen LogP) is 7.36. The molecule has 0 unspecified atom stereocenters. The Balaban J connectivity index is 1.84. The first-order valence-electron chi connectivity index (χ1n) is 12.5. The van der Waals surface area contributed by atoms with E-state index in [0.717, 1.165) is 5.56 Å². The molecular weight excluding hydrogens is 543 g/mol. The topological polar surface area (TPSA) is 58.6 Å². The Kier molecular flexibility index (Phi) is 10.9. The lowest BCUT2D eigenvalue weighted by Crippen LogP contribution is -2.54.